The SMILES string of the molecule is C[C@@H](Nc1ccn2ncc(C3=NCCON3)c2n1)c1cc(F)ccc1C(F)(F)F. The zero-order valence-electron chi connectivity index (χ0n) is 15.2. The van der Waals surface area contributed by atoms with E-state index in [1.165, 1.54) is 11.4 Å². The Balaban J connectivity index is 1.66. The first-order valence-electron chi connectivity index (χ1n) is 8.73. The summed E-state index contributed by atoms with van der Waals surface area (Å²) in [7, 11) is 0. The van der Waals surface area contributed by atoms with E-state index in [1.54, 1.807) is 18.5 Å². The van der Waals surface area contributed by atoms with E-state index in [0.29, 0.717) is 36.0 Å². The molecule has 3 aromatic rings. The van der Waals surface area contributed by atoms with Gasteiger partial charge in [0.2, 0.25) is 0 Å². The second-order valence-corrected chi connectivity index (χ2v) is 6.42. The van der Waals surface area contributed by atoms with Gasteiger partial charge < -0.3 is 5.32 Å². The van der Waals surface area contributed by atoms with Crippen molar-refractivity contribution in [1.82, 2.24) is 20.1 Å². The van der Waals surface area contributed by atoms with E-state index < -0.39 is 23.6 Å². The molecule has 2 aromatic heterocycles. The highest BCUT2D eigenvalue weighted by atomic mass is 19.4. The van der Waals surface area contributed by atoms with Crippen LogP contribution in [-0.2, 0) is 11.0 Å². The normalized spacial score (nSPS) is 15.7. The van der Waals surface area contributed by atoms with Gasteiger partial charge in [0.1, 0.15) is 11.6 Å². The Morgan fingerprint density at radius 3 is 2.83 bits per heavy atom. The molecule has 0 saturated heterocycles. The van der Waals surface area contributed by atoms with Crippen LogP contribution in [0.5, 0.6) is 0 Å². The summed E-state index contributed by atoms with van der Waals surface area (Å²) in [5.41, 5.74) is 2.62. The van der Waals surface area contributed by atoms with E-state index >= 15 is 0 Å². The smallest absolute Gasteiger partial charge is 0.363 e. The molecule has 0 fully saturated rings. The maximum absolute atomic E-state index is 13.6. The first kappa shape index (κ1) is 19.1. The topological polar surface area (TPSA) is 75.8 Å². The molecule has 1 aliphatic rings. The third-order valence-electron chi connectivity index (χ3n) is 4.41. The molecule has 0 radical (unpaired) electrons. The molecule has 0 aliphatic carbocycles. The van der Waals surface area contributed by atoms with Gasteiger partial charge in [-0.3, -0.25) is 9.83 Å². The highest BCUT2D eigenvalue weighted by Crippen LogP contribution is 2.35. The van der Waals surface area contributed by atoms with Crippen LogP contribution in [0.2, 0.25) is 0 Å². The molecule has 0 amide bonds. The molecule has 7 nitrogen and oxygen atoms in total. The summed E-state index contributed by atoms with van der Waals surface area (Å²) in [6.45, 7) is 2.43. The minimum absolute atomic E-state index is 0.209. The molecular formula is C18H16F4N6O. The van der Waals surface area contributed by atoms with Gasteiger partial charge in [0.05, 0.1) is 36.5 Å². The lowest BCUT2D eigenvalue weighted by Gasteiger charge is -2.20. The Kier molecular flexibility index (Phi) is 4.82. The number of fused-ring (bicyclic) bond motifs is 1. The van der Waals surface area contributed by atoms with Gasteiger partial charge >= 0.3 is 6.18 Å². The highest BCUT2D eigenvalue weighted by Gasteiger charge is 2.34. The third-order valence-corrected chi connectivity index (χ3v) is 4.41. The lowest BCUT2D eigenvalue weighted by molar-refractivity contribution is -0.138. The van der Waals surface area contributed by atoms with Crippen LogP contribution < -0.4 is 10.8 Å². The molecule has 0 unspecified atom stereocenters. The van der Waals surface area contributed by atoms with E-state index in [0.717, 1.165) is 18.2 Å². The molecule has 1 aliphatic heterocycles. The number of hydrogen-bond acceptors (Lipinski definition) is 6. The zero-order valence-corrected chi connectivity index (χ0v) is 15.2. The maximum Gasteiger partial charge on any atom is 0.416 e. The van der Waals surface area contributed by atoms with Gasteiger partial charge in [0, 0.05) is 6.20 Å². The average Bonchev–Trinajstić information content (AvgIpc) is 3.11. The minimum atomic E-state index is -4.60. The van der Waals surface area contributed by atoms with Crippen molar-refractivity contribution in [2.75, 3.05) is 18.5 Å². The number of nitrogens with zero attached hydrogens (tertiary/aromatic N) is 4. The Hall–Kier alpha value is -3.21. The fraction of sp³-hybridized carbons (Fsp3) is 0.278. The number of hydrogen-bond donors (Lipinski definition) is 2. The largest absolute Gasteiger partial charge is 0.416 e. The molecule has 11 heteroatoms. The van der Waals surface area contributed by atoms with Crippen LogP contribution in [0, 0.1) is 5.82 Å². The number of hydroxylamine groups is 1. The Bertz CT molecular complexity index is 1080. The third kappa shape index (κ3) is 3.86. The van der Waals surface area contributed by atoms with Gasteiger partial charge in [-0.2, -0.15) is 18.3 Å². The number of amidine groups is 1. The minimum Gasteiger partial charge on any atom is -0.363 e. The summed E-state index contributed by atoms with van der Waals surface area (Å²) in [4.78, 5) is 13.9. The van der Waals surface area contributed by atoms with Crippen LogP contribution in [-0.4, -0.2) is 33.6 Å². The van der Waals surface area contributed by atoms with Gasteiger partial charge in [-0.15, -0.1) is 0 Å². The number of rotatable bonds is 4. The number of nitrogens with one attached hydrogen (secondary N) is 2. The average molecular weight is 408 g/mol. The van der Waals surface area contributed by atoms with Crippen molar-refractivity contribution in [3.8, 4) is 0 Å². The predicted octanol–water partition coefficient (Wildman–Crippen LogP) is 3.34. The highest BCUT2D eigenvalue weighted by molar-refractivity contribution is 6.03. The molecule has 29 heavy (non-hydrogen) atoms. The molecule has 1 aromatic carbocycles. The van der Waals surface area contributed by atoms with Gasteiger partial charge in [-0.25, -0.2) is 19.4 Å². The van der Waals surface area contributed by atoms with Gasteiger partial charge in [-0.05, 0) is 36.8 Å². The second-order valence-electron chi connectivity index (χ2n) is 6.42. The summed E-state index contributed by atoms with van der Waals surface area (Å²) in [6, 6.07) is 3.13. The summed E-state index contributed by atoms with van der Waals surface area (Å²) in [6.07, 6.45) is -1.43. The van der Waals surface area contributed by atoms with E-state index in [4.69, 9.17) is 4.84 Å². The van der Waals surface area contributed by atoms with Gasteiger partial charge in [-0.1, -0.05) is 0 Å². The van der Waals surface area contributed by atoms with Crippen molar-refractivity contribution < 1.29 is 22.4 Å². The van der Waals surface area contributed by atoms with Crippen LogP contribution in [0.15, 0.2) is 41.7 Å². The number of aromatic nitrogens is 3. The van der Waals surface area contributed by atoms with Crippen LogP contribution >= 0.6 is 0 Å². The predicted molar refractivity (Wildman–Crippen MR) is 96.9 cm³/mol. The van der Waals surface area contributed by atoms with E-state index in [1.807, 2.05) is 0 Å². The number of benzene rings is 1. The van der Waals surface area contributed by atoms with E-state index in [9.17, 15) is 17.6 Å². The van der Waals surface area contributed by atoms with Crippen molar-refractivity contribution in [3.05, 3.63) is 59.2 Å². The lowest BCUT2D eigenvalue weighted by Crippen LogP contribution is -2.30. The number of aliphatic imine (C=N–C) groups is 1. The van der Waals surface area contributed by atoms with Crippen molar-refractivity contribution in [2.45, 2.75) is 19.1 Å². The number of alkyl halides is 3. The van der Waals surface area contributed by atoms with Gasteiger partial charge in [0.15, 0.2) is 11.5 Å². The van der Waals surface area contributed by atoms with Gasteiger partial charge in [0.25, 0.3) is 0 Å². The molecule has 1 atom stereocenters. The van der Waals surface area contributed by atoms with Crippen molar-refractivity contribution in [2.24, 2.45) is 4.99 Å². The number of halogens is 4. The monoisotopic (exact) mass is 408 g/mol. The molecule has 3 heterocycles. The summed E-state index contributed by atoms with van der Waals surface area (Å²) in [5, 5.41) is 7.08. The van der Waals surface area contributed by atoms with Crippen LogP contribution in [0.1, 0.15) is 29.7 Å². The lowest BCUT2D eigenvalue weighted by atomic mass is 10.0. The number of anilines is 1. The Morgan fingerprint density at radius 1 is 1.28 bits per heavy atom. The maximum atomic E-state index is 13.6. The molecule has 2 N–H and O–H groups in total. The second kappa shape index (κ2) is 7.32. The standard InChI is InChI=1S/C18H16F4N6O/c1-10(12-8-11(19)2-3-14(12)18(20,21)22)25-15-4-6-28-17(26-15)13(9-24-28)16-23-5-7-29-27-16/h2-4,6,8-10H,5,7H2,1H3,(H,23,27)(H,25,26)/t10-/m1/s1. The van der Waals surface area contributed by atoms with Crippen molar-refractivity contribution in [1.29, 1.82) is 0 Å². The summed E-state index contributed by atoms with van der Waals surface area (Å²) >= 11 is 0. The molecule has 152 valence electrons. The summed E-state index contributed by atoms with van der Waals surface area (Å²) in [5.74, 6) is 0.0272. The van der Waals surface area contributed by atoms with Crippen LogP contribution in [0.3, 0.4) is 0 Å². The van der Waals surface area contributed by atoms with E-state index in [2.05, 4.69) is 25.9 Å². The first-order chi connectivity index (χ1) is 13.8. The fourth-order valence-electron chi connectivity index (χ4n) is 3.06. The van der Waals surface area contributed by atoms with Crippen LogP contribution in [0.25, 0.3) is 5.65 Å². The first-order valence-corrected chi connectivity index (χ1v) is 8.73. The van der Waals surface area contributed by atoms with E-state index in [-0.39, 0.29) is 5.56 Å². The molecule has 0 saturated carbocycles. The van der Waals surface area contributed by atoms with Crippen LogP contribution in [0.4, 0.5) is 23.4 Å². The van der Waals surface area contributed by atoms with Crippen molar-refractivity contribution in [3.63, 3.8) is 0 Å². The fourth-order valence-corrected chi connectivity index (χ4v) is 3.06. The molecule has 4 rings (SSSR count). The van der Waals surface area contributed by atoms with Crippen molar-refractivity contribution >= 4 is 17.3 Å². The molecule has 0 spiro atoms. The summed E-state index contributed by atoms with van der Waals surface area (Å²) < 4.78 is 55.0. The zero-order chi connectivity index (χ0) is 20.6. The quantitative estimate of drug-likeness (QED) is 0.648. The Labute approximate surface area is 162 Å². The molecular weight excluding hydrogens is 392 g/mol. The molecule has 0 bridgehead atoms. The Morgan fingerprint density at radius 2 is 2.10 bits per heavy atom.